The topological polar surface area (TPSA) is 76.7 Å². The Morgan fingerprint density at radius 1 is 1.52 bits per heavy atom. The van der Waals surface area contributed by atoms with Gasteiger partial charge in [0.2, 0.25) is 0 Å². The van der Waals surface area contributed by atoms with Crippen molar-refractivity contribution in [2.45, 2.75) is 48.8 Å². The zero-order chi connectivity index (χ0) is 15.1. The van der Waals surface area contributed by atoms with Crippen LogP contribution in [0.5, 0.6) is 0 Å². The fourth-order valence-electron chi connectivity index (χ4n) is 2.23. The molecule has 2 aromatic rings. The highest BCUT2D eigenvalue weighted by Crippen LogP contribution is 2.39. The normalized spacial score (nSPS) is 16.2. The fraction of sp³-hybridized carbons (Fsp3) is 0.429. The van der Waals surface area contributed by atoms with Crippen LogP contribution in [0.15, 0.2) is 27.0 Å². The molecule has 1 heterocycles. The second-order valence-corrected chi connectivity index (χ2v) is 6.45. The van der Waals surface area contributed by atoms with E-state index in [2.05, 4.69) is 10.2 Å². The average molecular weight is 308 g/mol. The van der Waals surface area contributed by atoms with E-state index in [0.29, 0.717) is 10.7 Å². The lowest BCUT2D eigenvalue weighted by molar-refractivity contribution is 0.609. The summed E-state index contributed by atoms with van der Waals surface area (Å²) in [5.41, 5.74) is 7.01. The lowest BCUT2D eigenvalue weighted by atomic mass is 10.1. The van der Waals surface area contributed by atoms with Gasteiger partial charge in [-0.15, -0.1) is 5.10 Å². The number of hydrogen-bond donors (Lipinski definition) is 2. The third-order valence-corrected chi connectivity index (χ3v) is 4.61. The van der Waals surface area contributed by atoms with Crippen molar-refractivity contribution in [1.82, 2.24) is 14.8 Å². The summed E-state index contributed by atoms with van der Waals surface area (Å²) in [4.78, 5) is 12.6. The number of aromatic nitrogens is 3. The lowest BCUT2D eigenvalue weighted by Gasteiger charge is -2.14. The summed E-state index contributed by atoms with van der Waals surface area (Å²) in [5.74, 6) is -0.270. The highest BCUT2D eigenvalue weighted by atomic mass is 32.2. The summed E-state index contributed by atoms with van der Waals surface area (Å²) in [6.07, 6.45) is 1.99. The van der Waals surface area contributed by atoms with Crippen LogP contribution in [-0.4, -0.2) is 14.8 Å². The summed E-state index contributed by atoms with van der Waals surface area (Å²) >= 11 is 1.36. The van der Waals surface area contributed by atoms with Crippen LogP contribution in [0.3, 0.4) is 0 Å². The number of rotatable bonds is 4. The van der Waals surface area contributed by atoms with Gasteiger partial charge in [-0.05, 0) is 61.7 Å². The molecular formula is C14H17FN4OS. The minimum absolute atomic E-state index is 0.193. The molecule has 3 N–H and O–H groups in total. The summed E-state index contributed by atoms with van der Waals surface area (Å²) in [6, 6.07) is 3.17. The molecule has 112 valence electrons. The molecule has 5 nitrogen and oxygen atoms in total. The predicted octanol–water partition coefficient (Wildman–Crippen LogP) is 2.52. The van der Waals surface area contributed by atoms with E-state index in [1.807, 2.05) is 6.92 Å². The minimum Gasteiger partial charge on any atom is -0.324 e. The Balaban J connectivity index is 2.02. The third kappa shape index (κ3) is 2.75. The summed E-state index contributed by atoms with van der Waals surface area (Å²) in [7, 11) is 0. The van der Waals surface area contributed by atoms with E-state index < -0.39 is 0 Å². The molecule has 1 aliphatic carbocycles. The van der Waals surface area contributed by atoms with Gasteiger partial charge in [0.15, 0.2) is 5.16 Å². The molecule has 0 spiro atoms. The van der Waals surface area contributed by atoms with Crippen LogP contribution in [0.1, 0.15) is 43.0 Å². The second-order valence-electron chi connectivity index (χ2n) is 5.44. The highest BCUT2D eigenvalue weighted by molar-refractivity contribution is 7.99. The van der Waals surface area contributed by atoms with Crippen molar-refractivity contribution in [3.63, 3.8) is 0 Å². The molecule has 1 aromatic heterocycles. The van der Waals surface area contributed by atoms with Gasteiger partial charge in [-0.1, -0.05) is 0 Å². The van der Waals surface area contributed by atoms with Gasteiger partial charge in [-0.3, -0.25) is 4.57 Å². The number of benzene rings is 1. The molecule has 21 heavy (non-hydrogen) atoms. The first-order chi connectivity index (χ1) is 9.97. The molecule has 1 aliphatic rings. The molecule has 0 aliphatic heterocycles. The molecule has 7 heteroatoms. The van der Waals surface area contributed by atoms with Crippen molar-refractivity contribution in [3.8, 4) is 0 Å². The van der Waals surface area contributed by atoms with Crippen LogP contribution < -0.4 is 11.4 Å². The number of aromatic amines is 1. The van der Waals surface area contributed by atoms with Gasteiger partial charge in [0.25, 0.3) is 0 Å². The van der Waals surface area contributed by atoms with Gasteiger partial charge in [-0.2, -0.15) is 0 Å². The number of nitrogens with two attached hydrogens (primary N) is 1. The van der Waals surface area contributed by atoms with E-state index in [1.165, 1.54) is 17.8 Å². The first kappa shape index (κ1) is 14.3. The Labute approximate surface area is 125 Å². The van der Waals surface area contributed by atoms with Crippen LogP contribution >= 0.6 is 11.8 Å². The van der Waals surface area contributed by atoms with Crippen LogP contribution in [0.4, 0.5) is 4.39 Å². The molecule has 1 saturated carbocycles. The molecule has 0 radical (unpaired) electrons. The number of aryl methyl sites for hydroxylation is 1. The first-order valence-corrected chi connectivity index (χ1v) is 7.69. The Kier molecular flexibility index (Phi) is 3.62. The van der Waals surface area contributed by atoms with E-state index in [-0.39, 0.29) is 23.6 Å². The minimum atomic E-state index is -0.289. The van der Waals surface area contributed by atoms with Crippen molar-refractivity contribution < 1.29 is 4.39 Å². The summed E-state index contributed by atoms with van der Waals surface area (Å²) in [6.45, 7) is 3.52. The van der Waals surface area contributed by atoms with E-state index in [0.717, 1.165) is 23.3 Å². The van der Waals surface area contributed by atoms with Crippen LogP contribution in [0.2, 0.25) is 0 Å². The third-order valence-electron chi connectivity index (χ3n) is 3.57. The van der Waals surface area contributed by atoms with Gasteiger partial charge >= 0.3 is 5.69 Å². The van der Waals surface area contributed by atoms with Crippen molar-refractivity contribution in [1.29, 1.82) is 0 Å². The average Bonchev–Trinajstić information content (AvgIpc) is 3.18. The Bertz CT molecular complexity index is 733. The van der Waals surface area contributed by atoms with Crippen molar-refractivity contribution in [2.24, 2.45) is 5.73 Å². The monoisotopic (exact) mass is 308 g/mol. The lowest BCUT2D eigenvalue weighted by Crippen LogP contribution is -2.16. The Morgan fingerprint density at radius 3 is 2.86 bits per heavy atom. The zero-order valence-corrected chi connectivity index (χ0v) is 12.7. The Hall–Kier alpha value is -1.60. The van der Waals surface area contributed by atoms with E-state index in [4.69, 9.17) is 5.73 Å². The van der Waals surface area contributed by atoms with Crippen molar-refractivity contribution in [3.05, 3.63) is 39.6 Å². The molecule has 1 aromatic carbocycles. The number of halogens is 1. The van der Waals surface area contributed by atoms with Crippen LogP contribution in [-0.2, 0) is 0 Å². The molecule has 0 bridgehead atoms. The zero-order valence-electron chi connectivity index (χ0n) is 11.9. The largest absolute Gasteiger partial charge is 0.344 e. The van der Waals surface area contributed by atoms with Crippen LogP contribution in [0.25, 0.3) is 0 Å². The SMILES string of the molecule is Cc1cc(Sc2n[nH]c(=O)n2C2CC2)c(C(C)N)cc1F. The maximum Gasteiger partial charge on any atom is 0.344 e. The highest BCUT2D eigenvalue weighted by Gasteiger charge is 2.29. The molecule has 1 atom stereocenters. The smallest absolute Gasteiger partial charge is 0.324 e. The maximum absolute atomic E-state index is 13.7. The van der Waals surface area contributed by atoms with E-state index >= 15 is 0 Å². The first-order valence-electron chi connectivity index (χ1n) is 6.87. The molecule has 0 amide bonds. The predicted molar refractivity (Wildman–Crippen MR) is 79.0 cm³/mol. The van der Waals surface area contributed by atoms with Crippen molar-refractivity contribution in [2.75, 3.05) is 0 Å². The standard InChI is InChI=1S/C14H17FN4OS/c1-7-5-12(10(8(2)16)6-11(7)15)21-14-18-17-13(20)19(14)9-3-4-9/h5-6,8-9H,3-4,16H2,1-2H3,(H,17,20). The van der Waals surface area contributed by atoms with Gasteiger partial charge in [0.1, 0.15) is 5.82 Å². The van der Waals surface area contributed by atoms with E-state index in [9.17, 15) is 9.18 Å². The summed E-state index contributed by atoms with van der Waals surface area (Å²) < 4.78 is 15.4. The van der Waals surface area contributed by atoms with Gasteiger partial charge < -0.3 is 5.73 Å². The van der Waals surface area contributed by atoms with Gasteiger partial charge in [0.05, 0.1) is 0 Å². The van der Waals surface area contributed by atoms with Crippen molar-refractivity contribution >= 4 is 11.8 Å². The molecular weight excluding hydrogens is 291 g/mol. The number of H-pyrrole nitrogens is 1. The summed E-state index contributed by atoms with van der Waals surface area (Å²) in [5, 5.41) is 7.17. The quantitative estimate of drug-likeness (QED) is 0.910. The van der Waals surface area contributed by atoms with Gasteiger partial charge in [0, 0.05) is 17.0 Å². The number of hydrogen-bond acceptors (Lipinski definition) is 4. The molecule has 0 saturated heterocycles. The molecule has 1 fully saturated rings. The number of nitrogens with one attached hydrogen (secondary N) is 1. The number of nitrogens with zero attached hydrogens (tertiary/aromatic N) is 2. The molecule has 3 rings (SSSR count). The van der Waals surface area contributed by atoms with E-state index in [1.54, 1.807) is 17.6 Å². The second kappa shape index (κ2) is 5.31. The van der Waals surface area contributed by atoms with Crippen LogP contribution in [0, 0.1) is 12.7 Å². The maximum atomic E-state index is 13.7. The molecule has 1 unspecified atom stereocenters. The Morgan fingerprint density at radius 2 is 2.24 bits per heavy atom. The fourth-order valence-corrected chi connectivity index (χ4v) is 3.45. The van der Waals surface area contributed by atoms with Gasteiger partial charge in [-0.25, -0.2) is 14.3 Å².